The van der Waals surface area contributed by atoms with E-state index in [4.69, 9.17) is 14.2 Å². The summed E-state index contributed by atoms with van der Waals surface area (Å²) in [6, 6.07) is 8.73. The third-order valence-electron chi connectivity index (χ3n) is 5.93. The van der Waals surface area contributed by atoms with Crippen LogP contribution >= 0.6 is 0 Å². The van der Waals surface area contributed by atoms with Gasteiger partial charge in [0.05, 0.1) is 21.3 Å². The smallest absolute Gasteiger partial charge is 0.203 e. The fraction of sp³-hybridized carbons (Fsp3) is 0.560. The van der Waals surface area contributed by atoms with Crippen molar-refractivity contribution in [3.63, 3.8) is 0 Å². The second-order valence-electron chi connectivity index (χ2n) is 9.75. The molecule has 6 heteroatoms. The summed E-state index contributed by atoms with van der Waals surface area (Å²) in [5.41, 5.74) is 2.53. The third kappa shape index (κ3) is 5.89. The normalized spacial score (nSPS) is 18.1. The van der Waals surface area contributed by atoms with Crippen molar-refractivity contribution < 1.29 is 14.2 Å². The van der Waals surface area contributed by atoms with Crippen LogP contribution in [-0.2, 0) is 13.1 Å². The zero-order valence-electron chi connectivity index (χ0n) is 20.0. The Bertz CT molecular complexity index is 827. The van der Waals surface area contributed by atoms with Gasteiger partial charge in [-0.3, -0.25) is 9.88 Å². The summed E-state index contributed by atoms with van der Waals surface area (Å²) in [7, 11) is 4.95. The summed E-state index contributed by atoms with van der Waals surface area (Å²) in [6.07, 6.45) is 5.88. The number of methoxy groups -OCH3 is 3. The molecule has 0 radical (unpaired) electrons. The van der Waals surface area contributed by atoms with Gasteiger partial charge in [-0.15, -0.1) is 0 Å². The number of nitrogens with one attached hydrogen (secondary N) is 1. The Morgan fingerprint density at radius 3 is 1.87 bits per heavy atom. The van der Waals surface area contributed by atoms with Crippen LogP contribution in [0.4, 0.5) is 0 Å². The van der Waals surface area contributed by atoms with Crippen LogP contribution in [0.15, 0.2) is 36.7 Å². The Labute approximate surface area is 186 Å². The van der Waals surface area contributed by atoms with Crippen molar-refractivity contribution in [3.8, 4) is 17.2 Å². The molecule has 170 valence electrons. The van der Waals surface area contributed by atoms with Crippen LogP contribution in [0, 0.1) is 0 Å². The minimum Gasteiger partial charge on any atom is -0.493 e. The number of hydrogen-bond acceptors (Lipinski definition) is 6. The molecule has 1 fully saturated rings. The summed E-state index contributed by atoms with van der Waals surface area (Å²) >= 11 is 0. The van der Waals surface area contributed by atoms with E-state index < -0.39 is 0 Å². The van der Waals surface area contributed by atoms with Gasteiger partial charge in [0.25, 0.3) is 0 Å². The van der Waals surface area contributed by atoms with E-state index in [9.17, 15) is 0 Å². The average molecular weight is 428 g/mol. The highest BCUT2D eigenvalue weighted by atomic mass is 16.5. The van der Waals surface area contributed by atoms with Crippen molar-refractivity contribution in [2.24, 2.45) is 0 Å². The second-order valence-corrected chi connectivity index (χ2v) is 9.75. The van der Waals surface area contributed by atoms with E-state index in [2.05, 4.69) is 67.2 Å². The summed E-state index contributed by atoms with van der Waals surface area (Å²) in [4.78, 5) is 6.75. The predicted octanol–water partition coefficient (Wildman–Crippen LogP) is 4.42. The molecule has 6 nitrogen and oxygen atoms in total. The largest absolute Gasteiger partial charge is 0.493 e. The molecule has 0 spiro atoms. The van der Waals surface area contributed by atoms with E-state index in [1.807, 2.05) is 12.4 Å². The summed E-state index contributed by atoms with van der Waals surface area (Å²) in [5, 5.41) is 3.80. The Balaban J connectivity index is 1.95. The first-order valence-electron chi connectivity index (χ1n) is 10.9. The molecule has 0 atom stereocenters. The van der Waals surface area contributed by atoms with Crippen molar-refractivity contribution in [2.45, 2.75) is 70.7 Å². The van der Waals surface area contributed by atoms with E-state index in [-0.39, 0.29) is 11.1 Å². The Kier molecular flexibility index (Phi) is 7.12. The Morgan fingerprint density at radius 2 is 1.39 bits per heavy atom. The van der Waals surface area contributed by atoms with Crippen LogP contribution in [0.5, 0.6) is 17.2 Å². The van der Waals surface area contributed by atoms with Crippen molar-refractivity contribution in [1.82, 2.24) is 15.2 Å². The topological polar surface area (TPSA) is 55.9 Å². The lowest BCUT2D eigenvalue weighted by atomic mass is 9.78. The number of pyridine rings is 1. The van der Waals surface area contributed by atoms with E-state index in [0.717, 1.165) is 31.5 Å². The van der Waals surface area contributed by atoms with Gasteiger partial charge in [-0.25, -0.2) is 0 Å². The third-order valence-corrected chi connectivity index (χ3v) is 5.93. The molecule has 31 heavy (non-hydrogen) atoms. The van der Waals surface area contributed by atoms with Crippen LogP contribution < -0.4 is 19.5 Å². The first-order valence-corrected chi connectivity index (χ1v) is 10.9. The van der Waals surface area contributed by atoms with Crippen molar-refractivity contribution in [3.05, 3.63) is 47.8 Å². The van der Waals surface area contributed by atoms with Crippen LogP contribution in [0.2, 0.25) is 0 Å². The Hall–Kier alpha value is -2.31. The number of aromatic nitrogens is 1. The lowest BCUT2D eigenvalue weighted by Crippen LogP contribution is -2.62. The first kappa shape index (κ1) is 23.4. The number of ether oxygens (including phenoxy) is 3. The van der Waals surface area contributed by atoms with Crippen LogP contribution in [0.25, 0.3) is 0 Å². The molecule has 1 N–H and O–H groups in total. The molecule has 1 saturated heterocycles. The Morgan fingerprint density at radius 1 is 0.871 bits per heavy atom. The van der Waals surface area contributed by atoms with E-state index in [1.54, 1.807) is 21.3 Å². The van der Waals surface area contributed by atoms with Crippen LogP contribution in [-0.4, -0.2) is 48.3 Å². The molecule has 1 aliphatic heterocycles. The van der Waals surface area contributed by atoms with Crippen LogP contribution in [0.3, 0.4) is 0 Å². The van der Waals surface area contributed by atoms with Gasteiger partial charge in [0, 0.05) is 42.6 Å². The van der Waals surface area contributed by atoms with Gasteiger partial charge < -0.3 is 19.5 Å². The van der Waals surface area contributed by atoms with Gasteiger partial charge in [-0.1, -0.05) is 0 Å². The highest BCUT2D eigenvalue weighted by Gasteiger charge is 2.40. The second kappa shape index (κ2) is 9.45. The van der Waals surface area contributed by atoms with Gasteiger partial charge in [0.1, 0.15) is 0 Å². The summed E-state index contributed by atoms with van der Waals surface area (Å²) < 4.78 is 16.7. The molecule has 2 aromatic rings. The molecule has 0 saturated carbocycles. The highest BCUT2D eigenvalue weighted by Crippen LogP contribution is 2.39. The van der Waals surface area contributed by atoms with Gasteiger partial charge in [0.2, 0.25) is 5.75 Å². The molecule has 2 heterocycles. The molecule has 1 aromatic heterocycles. The predicted molar refractivity (Wildman–Crippen MR) is 124 cm³/mol. The summed E-state index contributed by atoms with van der Waals surface area (Å²) in [5.74, 6) is 2.00. The molecule has 3 rings (SSSR count). The van der Waals surface area contributed by atoms with Gasteiger partial charge in [0.15, 0.2) is 11.5 Å². The molecule has 1 aromatic carbocycles. The van der Waals surface area contributed by atoms with Crippen molar-refractivity contribution >= 4 is 0 Å². The average Bonchev–Trinajstić information content (AvgIpc) is 2.71. The number of hydrogen-bond donors (Lipinski definition) is 1. The molecule has 0 unspecified atom stereocenters. The quantitative estimate of drug-likeness (QED) is 0.673. The fourth-order valence-corrected chi connectivity index (χ4v) is 5.02. The maximum Gasteiger partial charge on any atom is 0.203 e. The fourth-order valence-electron chi connectivity index (χ4n) is 5.02. The van der Waals surface area contributed by atoms with Crippen molar-refractivity contribution in [1.29, 1.82) is 0 Å². The SMILES string of the molecule is COc1cc(CN(Cc2ccncc2)C2CC(C)(C)NC(C)(C)C2)cc(OC)c1OC. The van der Waals surface area contributed by atoms with E-state index >= 15 is 0 Å². The van der Waals surface area contributed by atoms with E-state index in [1.165, 1.54) is 5.56 Å². The maximum absolute atomic E-state index is 5.59. The number of piperidine rings is 1. The molecule has 1 aliphatic rings. The number of rotatable bonds is 8. The zero-order valence-corrected chi connectivity index (χ0v) is 20.0. The van der Waals surface area contributed by atoms with Gasteiger partial charge in [-0.2, -0.15) is 0 Å². The lowest BCUT2D eigenvalue weighted by molar-refractivity contribution is 0.0562. The lowest BCUT2D eigenvalue weighted by Gasteiger charge is -2.49. The summed E-state index contributed by atoms with van der Waals surface area (Å²) in [6.45, 7) is 10.8. The van der Waals surface area contributed by atoms with Crippen LogP contribution in [0.1, 0.15) is 51.7 Å². The minimum atomic E-state index is 0.0677. The molecule has 0 bridgehead atoms. The molecule has 0 aliphatic carbocycles. The van der Waals surface area contributed by atoms with Gasteiger partial charge in [-0.05, 0) is 75.9 Å². The number of nitrogens with zero attached hydrogens (tertiary/aromatic N) is 2. The zero-order chi connectivity index (χ0) is 22.6. The monoisotopic (exact) mass is 427 g/mol. The molecular formula is C25H37N3O3. The number of benzene rings is 1. The van der Waals surface area contributed by atoms with E-state index in [0.29, 0.717) is 23.3 Å². The van der Waals surface area contributed by atoms with Crippen molar-refractivity contribution in [2.75, 3.05) is 21.3 Å². The molecule has 0 amide bonds. The maximum atomic E-state index is 5.59. The first-order chi connectivity index (χ1) is 14.7. The standard InChI is InChI=1S/C25H37N3O3/c1-24(2)14-20(15-25(3,4)27-24)28(16-18-8-10-26-11-9-18)17-19-12-21(29-5)23(31-7)22(13-19)30-6/h8-13,20,27H,14-17H2,1-7H3. The minimum absolute atomic E-state index is 0.0677. The highest BCUT2D eigenvalue weighted by molar-refractivity contribution is 5.53. The molecular weight excluding hydrogens is 390 g/mol. The van der Waals surface area contributed by atoms with Gasteiger partial charge >= 0.3 is 0 Å².